The molecule has 0 heterocycles. The molecular weight excluding hydrogens is 221 g/mol. The van der Waals surface area contributed by atoms with Gasteiger partial charge in [-0.1, -0.05) is 6.07 Å². The number of nitrogens with one attached hydrogen (secondary N) is 1. The minimum absolute atomic E-state index is 0.0174. The number of methoxy groups -OCH3 is 1. The molecule has 1 N–H and O–H groups in total. The Balaban J connectivity index is 2.52. The van der Waals surface area contributed by atoms with Crippen molar-refractivity contribution in [1.82, 2.24) is 5.32 Å². The molecule has 0 saturated heterocycles. The molecule has 0 atom stereocenters. The van der Waals surface area contributed by atoms with Crippen molar-refractivity contribution < 1.29 is 13.9 Å². The Hall–Kier alpha value is -1.58. The lowest BCUT2D eigenvalue weighted by Gasteiger charge is -2.08. The molecule has 1 amide bonds. The molecule has 0 aliphatic carbocycles. The van der Waals surface area contributed by atoms with E-state index < -0.39 is 5.82 Å². The summed E-state index contributed by atoms with van der Waals surface area (Å²) >= 11 is 0. The van der Waals surface area contributed by atoms with Crippen LogP contribution in [0.15, 0.2) is 18.2 Å². The highest BCUT2D eigenvalue weighted by Crippen LogP contribution is 2.18. The van der Waals surface area contributed by atoms with Gasteiger partial charge in [0.2, 0.25) is 5.91 Å². The molecule has 4 heteroatoms. The third-order valence-electron chi connectivity index (χ3n) is 2.31. The first-order valence-electron chi connectivity index (χ1n) is 5.64. The van der Waals surface area contributed by atoms with E-state index in [2.05, 4.69) is 5.32 Å². The van der Waals surface area contributed by atoms with Gasteiger partial charge in [0, 0.05) is 12.5 Å². The molecule has 17 heavy (non-hydrogen) atoms. The maximum Gasteiger partial charge on any atom is 0.220 e. The van der Waals surface area contributed by atoms with E-state index in [0.717, 1.165) is 5.56 Å². The Morgan fingerprint density at radius 2 is 2.18 bits per heavy atom. The summed E-state index contributed by atoms with van der Waals surface area (Å²) in [6.07, 6.45) is 0.892. The van der Waals surface area contributed by atoms with E-state index >= 15 is 0 Å². The normalized spacial score (nSPS) is 10.4. The van der Waals surface area contributed by atoms with Crippen LogP contribution in [0.1, 0.15) is 25.8 Å². The molecule has 0 aliphatic heterocycles. The minimum Gasteiger partial charge on any atom is -0.494 e. The van der Waals surface area contributed by atoms with E-state index in [1.54, 1.807) is 12.1 Å². The first-order chi connectivity index (χ1) is 8.02. The van der Waals surface area contributed by atoms with Crippen LogP contribution in [0.25, 0.3) is 0 Å². The second kappa shape index (κ2) is 6.23. The van der Waals surface area contributed by atoms with Gasteiger partial charge in [-0.05, 0) is 38.0 Å². The number of ether oxygens (including phenoxy) is 1. The van der Waals surface area contributed by atoms with Crippen LogP contribution in [0.2, 0.25) is 0 Å². The van der Waals surface area contributed by atoms with E-state index in [1.165, 1.54) is 13.2 Å². The zero-order valence-corrected chi connectivity index (χ0v) is 10.4. The maximum absolute atomic E-state index is 13.4. The molecule has 0 aliphatic rings. The molecule has 1 rings (SSSR count). The largest absolute Gasteiger partial charge is 0.494 e. The second-order valence-electron chi connectivity index (χ2n) is 4.19. The van der Waals surface area contributed by atoms with Crippen LogP contribution in [0.3, 0.4) is 0 Å². The lowest BCUT2D eigenvalue weighted by atomic mass is 10.1. The van der Waals surface area contributed by atoms with Crippen LogP contribution in [0, 0.1) is 5.82 Å². The molecule has 0 fully saturated rings. The summed E-state index contributed by atoms with van der Waals surface area (Å²) in [5, 5.41) is 2.79. The monoisotopic (exact) mass is 239 g/mol. The van der Waals surface area contributed by atoms with Gasteiger partial charge >= 0.3 is 0 Å². The van der Waals surface area contributed by atoms with E-state index in [4.69, 9.17) is 4.74 Å². The van der Waals surface area contributed by atoms with Crippen molar-refractivity contribution in [2.24, 2.45) is 0 Å². The van der Waals surface area contributed by atoms with Gasteiger partial charge in [0.05, 0.1) is 7.11 Å². The molecule has 0 saturated carbocycles. The molecule has 1 aromatic rings. The number of halogens is 1. The van der Waals surface area contributed by atoms with Gasteiger partial charge in [0.25, 0.3) is 0 Å². The number of rotatable bonds is 5. The molecular formula is C13H18FNO2. The van der Waals surface area contributed by atoms with Crippen molar-refractivity contribution in [2.75, 3.05) is 7.11 Å². The topological polar surface area (TPSA) is 38.3 Å². The lowest BCUT2D eigenvalue weighted by molar-refractivity contribution is -0.121. The third kappa shape index (κ3) is 4.43. The van der Waals surface area contributed by atoms with Crippen LogP contribution < -0.4 is 10.1 Å². The average Bonchev–Trinajstić information content (AvgIpc) is 2.25. The summed E-state index contributed by atoms with van der Waals surface area (Å²) in [6, 6.07) is 4.88. The van der Waals surface area contributed by atoms with Crippen molar-refractivity contribution in [3.05, 3.63) is 29.6 Å². The number of benzene rings is 1. The predicted octanol–water partition coefficient (Wildman–Crippen LogP) is 2.29. The zero-order valence-electron chi connectivity index (χ0n) is 10.4. The van der Waals surface area contributed by atoms with Crippen LogP contribution >= 0.6 is 0 Å². The van der Waals surface area contributed by atoms with E-state index in [-0.39, 0.29) is 17.7 Å². The van der Waals surface area contributed by atoms with Gasteiger partial charge in [-0.25, -0.2) is 4.39 Å². The molecule has 94 valence electrons. The van der Waals surface area contributed by atoms with Gasteiger partial charge in [-0.3, -0.25) is 4.79 Å². The van der Waals surface area contributed by atoms with Gasteiger partial charge in [-0.15, -0.1) is 0 Å². The van der Waals surface area contributed by atoms with Crippen LogP contribution in [-0.2, 0) is 11.2 Å². The molecule has 3 nitrogen and oxygen atoms in total. The van der Waals surface area contributed by atoms with E-state index in [0.29, 0.717) is 12.8 Å². The fourth-order valence-electron chi connectivity index (χ4n) is 1.52. The Labute approximate surface area is 101 Å². The molecule has 0 spiro atoms. The second-order valence-corrected chi connectivity index (χ2v) is 4.19. The van der Waals surface area contributed by atoms with Crippen molar-refractivity contribution in [3.8, 4) is 5.75 Å². The molecule has 0 radical (unpaired) electrons. The first-order valence-corrected chi connectivity index (χ1v) is 5.64. The number of carbonyl (C=O) groups is 1. The number of carbonyl (C=O) groups excluding carboxylic acids is 1. The van der Waals surface area contributed by atoms with Gasteiger partial charge in [0.1, 0.15) is 0 Å². The maximum atomic E-state index is 13.4. The Morgan fingerprint density at radius 3 is 2.71 bits per heavy atom. The van der Waals surface area contributed by atoms with Gasteiger partial charge in [-0.2, -0.15) is 0 Å². The van der Waals surface area contributed by atoms with Crippen molar-refractivity contribution in [2.45, 2.75) is 32.7 Å². The van der Waals surface area contributed by atoms with E-state index in [1.807, 2.05) is 13.8 Å². The van der Waals surface area contributed by atoms with E-state index in [9.17, 15) is 9.18 Å². The third-order valence-corrected chi connectivity index (χ3v) is 2.31. The number of hydrogen-bond acceptors (Lipinski definition) is 2. The van der Waals surface area contributed by atoms with Crippen LogP contribution in [0.4, 0.5) is 4.39 Å². The van der Waals surface area contributed by atoms with Crippen LogP contribution in [0.5, 0.6) is 5.75 Å². The summed E-state index contributed by atoms with van der Waals surface area (Å²) in [4.78, 5) is 11.4. The summed E-state index contributed by atoms with van der Waals surface area (Å²) in [5.41, 5.74) is 0.794. The van der Waals surface area contributed by atoms with Crippen LogP contribution in [-0.4, -0.2) is 19.1 Å². The average molecular weight is 239 g/mol. The number of hydrogen-bond donors (Lipinski definition) is 1. The lowest BCUT2D eigenvalue weighted by Crippen LogP contribution is -2.30. The summed E-state index contributed by atoms with van der Waals surface area (Å²) < 4.78 is 18.2. The Morgan fingerprint density at radius 1 is 1.47 bits per heavy atom. The zero-order chi connectivity index (χ0) is 12.8. The highest BCUT2D eigenvalue weighted by Gasteiger charge is 2.06. The van der Waals surface area contributed by atoms with Crippen molar-refractivity contribution in [3.63, 3.8) is 0 Å². The summed E-state index contributed by atoms with van der Waals surface area (Å²) in [7, 11) is 1.42. The quantitative estimate of drug-likeness (QED) is 0.856. The SMILES string of the molecule is COc1ccc(CCC(=O)NC(C)C)cc1F. The number of aryl methyl sites for hydroxylation is 1. The Bertz CT molecular complexity index is 391. The highest BCUT2D eigenvalue weighted by molar-refractivity contribution is 5.76. The highest BCUT2D eigenvalue weighted by atomic mass is 19.1. The number of amides is 1. The summed E-state index contributed by atoms with van der Waals surface area (Å²) in [6.45, 7) is 3.82. The van der Waals surface area contributed by atoms with Crippen molar-refractivity contribution >= 4 is 5.91 Å². The van der Waals surface area contributed by atoms with Gasteiger partial charge < -0.3 is 10.1 Å². The first kappa shape index (κ1) is 13.5. The predicted molar refractivity (Wildman–Crippen MR) is 64.6 cm³/mol. The molecule has 0 unspecified atom stereocenters. The minimum atomic E-state index is -0.394. The molecule has 0 bridgehead atoms. The fraction of sp³-hybridized carbons (Fsp3) is 0.462. The summed E-state index contributed by atoms with van der Waals surface area (Å²) in [5.74, 6) is -0.189. The molecule has 0 aromatic heterocycles. The van der Waals surface area contributed by atoms with Crippen molar-refractivity contribution in [1.29, 1.82) is 0 Å². The molecule has 1 aromatic carbocycles. The fourth-order valence-corrected chi connectivity index (χ4v) is 1.52. The Kier molecular flexibility index (Phi) is 4.94. The van der Waals surface area contributed by atoms with Gasteiger partial charge in [0.15, 0.2) is 11.6 Å². The smallest absolute Gasteiger partial charge is 0.220 e. The standard InChI is InChI=1S/C13H18FNO2/c1-9(2)15-13(16)7-5-10-4-6-12(17-3)11(14)8-10/h4,6,8-9H,5,7H2,1-3H3,(H,15,16).